The van der Waals surface area contributed by atoms with Crippen molar-refractivity contribution in [2.45, 2.75) is 12.6 Å². The highest BCUT2D eigenvalue weighted by molar-refractivity contribution is 6.03. The van der Waals surface area contributed by atoms with Crippen LogP contribution in [0.25, 0.3) is 0 Å². The van der Waals surface area contributed by atoms with Gasteiger partial charge in [-0.15, -0.1) is 0 Å². The van der Waals surface area contributed by atoms with Crippen LogP contribution in [-0.2, 0) is 15.8 Å². The zero-order chi connectivity index (χ0) is 19.8. The Morgan fingerprint density at radius 3 is 2.48 bits per heavy atom. The third-order valence-corrected chi connectivity index (χ3v) is 4.19. The molecule has 4 nitrogen and oxygen atoms in total. The quantitative estimate of drug-likeness (QED) is 0.814. The van der Waals surface area contributed by atoms with Gasteiger partial charge in [-0.2, -0.15) is 13.2 Å². The highest BCUT2D eigenvalue weighted by atomic mass is 19.4. The lowest BCUT2D eigenvalue weighted by atomic mass is 10.1. The van der Waals surface area contributed by atoms with E-state index in [9.17, 15) is 31.5 Å². The van der Waals surface area contributed by atoms with Crippen molar-refractivity contribution in [2.75, 3.05) is 16.8 Å². The van der Waals surface area contributed by atoms with Crippen molar-refractivity contribution in [2.24, 2.45) is 5.92 Å². The van der Waals surface area contributed by atoms with Gasteiger partial charge in [0.25, 0.3) is 0 Å². The molecule has 0 radical (unpaired) electrons. The van der Waals surface area contributed by atoms with E-state index in [0.717, 1.165) is 29.2 Å². The number of alkyl halides is 3. The molecule has 0 bridgehead atoms. The van der Waals surface area contributed by atoms with Gasteiger partial charge in [-0.3, -0.25) is 9.59 Å². The summed E-state index contributed by atoms with van der Waals surface area (Å²) in [5.41, 5.74) is -1.59. The van der Waals surface area contributed by atoms with Crippen molar-refractivity contribution >= 4 is 23.2 Å². The SMILES string of the molecule is O=C(Nc1ccc(F)cc1F)C1CC(=O)N(c2ccccc2C(F)(F)F)C1. The molecule has 0 aliphatic carbocycles. The third kappa shape index (κ3) is 3.91. The Hall–Kier alpha value is -2.97. The minimum Gasteiger partial charge on any atom is -0.323 e. The van der Waals surface area contributed by atoms with Crippen molar-refractivity contribution in [3.05, 3.63) is 59.7 Å². The zero-order valence-corrected chi connectivity index (χ0v) is 13.7. The van der Waals surface area contributed by atoms with Crippen molar-refractivity contribution in [1.29, 1.82) is 0 Å². The summed E-state index contributed by atoms with van der Waals surface area (Å²) in [6.07, 6.45) is -4.98. The van der Waals surface area contributed by atoms with E-state index in [1.807, 2.05) is 0 Å². The van der Waals surface area contributed by atoms with Crippen LogP contribution in [0.4, 0.5) is 33.3 Å². The number of benzene rings is 2. The van der Waals surface area contributed by atoms with Crippen LogP contribution in [0.15, 0.2) is 42.5 Å². The number of anilines is 2. The van der Waals surface area contributed by atoms with E-state index in [1.54, 1.807) is 0 Å². The number of amides is 2. The van der Waals surface area contributed by atoms with Crippen molar-refractivity contribution in [3.8, 4) is 0 Å². The Morgan fingerprint density at radius 1 is 1.11 bits per heavy atom. The van der Waals surface area contributed by atoms with Gasteiger partial charge < -0.3 is 10.2 Å². The average molecular weight is 384 g/mol. The van der Waals surface area contributed by atoms with Crippen LogP contribution in [0.2, 0.25) is 0 Å². The van der Waals surface area contributed by atoms with Gasteiger partial charge in [-0.05, 0) is 24.3 Å². The first-order valence-corrected chi connectivity index (χ1v) is 7.89. The lowest BCUT2D eigenvalue weighted by Gasteiger charge is -2.21. The number of nitrogens with one attached hydrogen (secondary N) is 1. The first-order chi connectivity index (χ1) is 12.7. The number of nitrogens with zero attached hydrogens (tertiary/aromatic N) is 1. The summed E-state index contributed by atoms with van der Waals surface area (Å²) in [4.78, 5) is 25.4. The predicted octanol–water partition coefficient (Wildman–Crippen LogP) is 3.98. The summed E-state index contributed by atoms with van der Waals surface area (Å²) >= 11 is 0. The van der Waals surface area contributed by atoms with Crippen LogP contribution in [0.3, 0.4) is 0 Å². The molecule has 1 unspecified atom stereocenters. The van der Waals surface area contributed by atoms with Gasteiger partial charge in [-0.25, -0.2) is 8.78 Å². The Bertz CT molecular complexity index is 898. The standard InChI is InChI=1S/C18H13F5N2O2/c19-11-5-6-14(13(20)8-11)24-17(27)10-7-16(26)25(9-10)15-4-2-1-3-12(15)18(21,22)23/h1-6,8,10H,7,9H2,(H,24,27). The van der Waals surface area contributed by atoms with Gasteiger partial charge in [0.2, 0.25) is 11.8 Å². The van der Waals surface area contributed by atoms with Crippen LogP contribution in [0, 0.1) is 17.6 Å². The second-order valence-electron chi connectivity index (χ2n) is 6.03. The second-order valence-corrected chi connectivity index (χ2v) is 6.03. The van der Waals surface area contributed by atoms with Gasteiger partial charge in [-0.1, -0.05) is 12.1 Å². The minimum atomic E-state index is -4.66. The summed E-state index contributed by atoms with van der Waals surface area (Å²) in [5.74, 6) is -4.17. The Kier molecular flexibility index (Phi) is 4.86. The molecule has 3 rings (SSSR count). The molecule has 1 heterocycles. The van der Waals surface area contributed by atoms with Crippen LogP contribution in [0.5, 0.6) is 0 Å². The molecule has 2 aromatic carbocycles. The van der Waals surface area contributed by atoms with Gasteiger partial charge >= 0.3 is 6.18 Å². The molecule has 9 heteroatoms. The fraction of sp³-hybridized carbons (Fsp3) is 0.222. The molecule has 142 valence electrons. The molecule has 27 heavy (non-hydrogen) atoms. The van der Waals surface area contributed by atoms with Crippen molar-refractivity contribution in [1.82, 2.24) is 0 Å². The summed E-state index contributed by atoms with van der Waals surface area (Å²) in [6.45, 7) is -0.277. The Morgan fingerprint density at radius 2 is 1.81 bits per heavy atom. The van der Waals surface area contributed by atoms with E-state index in [-0.39, 0.29) is 24.3 Å². The molecule has 1 aliphatic rings. The highest BCUT2D eigenvalue weighted by Crippen LogP contribution is 2.38. The fourth-order valence-electron chi connectivity index (χ4n) is 2.89. The van der Waals surface area contributed by atoms with Gasteiger partial charge in [0.1, 0.15) is 11.6 Å². The number of halogens is 5. The number of carbonyl (C=O) groups excluding carboxylic acids is 2. The van der Waals surface area contributed by atoms with E-state index < -0.39 is 41.1 Å². The monoisotopic (exact) mass is 384 g/mol. The van der Waals surface area contributed by atoms with Gasteiger partial charge in [0.15, 0.2) is 0 Å². The average Bonchev–Trinajstić information content (AvgIpc) is 2.98. The van der Waals surface area contributed by atoms with E-state index >= 15 is 0 Å². The molecule has 1 saturated heterocycles. The molecule has 2 aromatic rings. The molecule has 1 fully saturated rings. The van der Waals surface area contributed by atoms with Crippen molar-refractivity contribution < 1.29 is 31.5 Å². The number of para-hydroxylation sites is 1. The molecular formula is C18H13F5N2O2. The predicted molar refractivity (Wildman–Crippen MR) is 86.9 cm³/mol. The normalized spacial score (nSPS) is 17.3. The largest absolute Gasteiger partial charge is 0.418 e. The number of hydrogen-bond acceptors (Lipinski definition) is 2. The topological polar surface area (TPSA) is 49.4 Å². The molecule has 1 N–H and O–H groups in total. The Labute approximate surface area is 150 Å². The first kappa shape index (κ1) is 18.8. The minimum absolute atomic E-state index is 0.275. The molecule has 1 atom stereocenters. The summed E-state index contributed by atoms with van der Waals surface area (Å²) in [7, 11) is 0. The second kappa shape index (κ2) is 6.98. The fourth-order valence-corrected chi connectivity index (χ4v) is 2.89. The maximum atomic E-state index is 13.6. The molecule has 0 spiro atoms. The van der Waals surface area contributed by atoms with Gasteiger partial charge in [0.05, 0.1) is 22.9 Å². The van der Waals surface area contributed by atoms with Crippen LogP contribution in [-0.4, -0.2) is 18.4 Å². The van der Waals surface area contributed by atoms with Crippen LogP contribution < -0.4 is 10.2 Å². The van der Waals surface area contributed by atoms with Crippen molar-refractivity contribution in [3.63, 3.8) is 0 Å². The van der Waals surface area contributed by atoms with Crippen LogP contribution in [0.1, 0.15) is 12.0 Å². The van der Waals surface area contributed by atoms with E-state index in [1.165, 1.54) is 12.1 Å². The molecule has 1 aliphatic heterocycles. The summed E-state index contributed by atoms with van der Waals surface area (Å²) in [6, 6.07) is 7.12. The third-order valence-electron chi connectivity index (χ3n) is 4.19. The number of hydrogen-bond donors (Lipinski definition) is 1. The lowest BCUT2D eigenvalue weighted by molar-refractivity contribution is -0.137. The summed E-state index contributed by atoms with van der Waals surface area (Å²) in [5, 5.41) is 2.24. The van der Waals surface area contributed by atoms with Crippen LogP contribution >= 0.6 is 0 Å². The smallest absolute Gasteiger partial charge is 0.323 e. The number of rotatable bonds is 3. The molecular weight excluding hydrogens is 371 g/mol. The van der Waals surface area contributed by atoms with E-state index in [2.05, 4.69) is 5.32 Å². The maximum absolute atomic E-state index is 13.6. The Balaban J connectivity index is 1.79. The zero-order valence-electron chi connectivity index (χ0n) is 13.7. The lowest BCUT2D eigenvalue weighted by Crippen LogP contribution is -2.29. The maximum Gasteiger partial charge on any atom is 0.418 e. The van der Waals surface area contributed by atoms with E-state index in [4.69, 9.17) is 0 Å². The molecule has 0 aromatic heterocycles. The highest BCUT2D eigenvalue weighted by Gasteiger charge is 2.40. The summed E-state index contributed by atoms with van der Waals surface area (Å²) < 4.78 is 66.0. The molecule has 0 saturated carbocycles. The van der Waals surface area contributed by atoms with Gasteiger partial charge in [0, 0.05) is 19.0 Å². The number of carbonyl (C=O) groups is 2. The first-order valence-electron chi connectivity index (χ1n) is 7.89. The molecule has 2 amide bonds. The van der Waals surface area contributed by atoms with E-state index in [0.29, 0.717) is 6.07 Å².